The molecule has 2 rings (SSSR count). The highest BCUT2D eigenvalue weighted by molar-refractivity contribution is 5.23. The number of hydrogen-bond acceptors (Lipinski definition) is 6. The van der Waals surface area contributed by atoms with Crippen LogP contribution in [-0.2, 0) is 17.8 Å². The molecule has 0 aliphatic heterocycles. The van der Waals surface area contributed by atoms with Crippen molar-refractivity contribution in [2.75, 3.05) is 12.4 Å². The van der Waals surface area contributed by atoms with Crippen molar-refractivity contribution in [1.29, 1.82) is 0 Å². The van der Waals surface area contributed by atoms with Crippen LogP contribution in [0.15, 0.2) is 22.7 Å². The molecule has 1 unspecified atom stereocenters. The van der Waals surface area contributed by atoms with E-state index in [-0.39, 0.29) is 6.04 Å². The molecule has 0 bridgehead atoms. The highest BCUT2D eigenvalue weighted by Gasteiger charge is 2.11. The summed E-state index contributed by atoms with van der Waals surface area (Å²) in [5, 5.41) is 10.9. The van der Waals surface area contributed by atoms with Gasteiger partial charge in [-0.1, -0.05) is 11.2 Å². The van der Waals surface area contributed by atoms with E-state index in [2.05, 4.69) is 33.5 Å². The van der Waals surface area contributed by atoms with E-state index in [1.165, 1.54) is 5.56 Å². The van der Waals surface area contributed by atoms with Gasteiger partial charge in [-0.3, -0.25) is 4.98 Å². The number of pyridine rings is 1. The Kier molecular flexibility index (Phi) is 4.46. The van der Waals surface area contributed by atoms with Crippen LogP contribution in [0.5, 0.6) is 0 Å². The van der Waals surface area contributed by atoms with E-state index >= 15 is 0 Å². The van der Waals surface area contributed by atoms with Gasteiger partial charge in [0.05, 0.1) is 0 Å². The molecule has 0 aliphatic carbocycles. The summed E-state index contributed by atoms with van der Waals surface area (Å²) < 4.78 is 10.3. The summed E-state index contributed by atoms with van der Waals surface area (Å²) in [6.07, 6.45) is 2.60. The molecule has 0 saturated heterocycles. The Bertz CT molecular complexity index is 527. The van der Waals surface area contributed by atoms with E-state index in [0.29, 0.717) is 18.5 Å². The highest BCUT2D eigenvalue weighted by Crippen LogP contribution is 2.11. The van der Waals surface area contributed by atoms with Gasteiger partial charge >= 0.3 is 6.01 Å². The second-order valence-electron chi connectivity index (χ2n) is 4.45. The van der Waals surface area contributed by atoms with Crippen LogP contribution in [0.3, 0.4) is 0 Å². The molecule has 0 aromatic carbocycles. The lowest BCUT2D eigenvalue weighted by Crippen LogP contribution is -2.19. The summed E-state index contributed by atoms with van der Waals surface area (Å²) in [6.45, 7) is 4.43. The molecule has 1 atom stereocenters. The van der Waals surface area contributed by atoms with E-state index < -0.39 is 0 Å². The number of methoxy groups -OCH3 is 1. The largest absolute Gasteiger partial charge is 0.406 e. The smallest absolute Gasteiger partial charge is 0.315 e. The third-order valence-corrected chi connectivity index (χ3v) is 2.72. The SMILES string of the molecule is COCc1nnc(NC(C)Cc2ncccc2C)o1. The molecular formula is C13H18N4O2. The zero-order chi connectivity index (χ0) is 13.7. The second kappa shape index (κ2) is 6.29. The zero-order valence-corrected chi connectivity index (χ0v) is 11.4. The Morgan fingerprint density at radius 2 is 2.26 bits per heavy atom. The number of anilines is 1. The molecule has 0 saturated carbocycles. The number of aryl methyl sites for hydroxylation is 1. The van der Waals surface area contributed by atoms with E-state index in [1.54, 1.807) is 13.3 Å². The first kappa shape index (κ1) is 13.5. The van der Waals surface area contributed by atoms with Crippen LogP contribution in [-0.4, -0.2) is 28.3 Å². The predicted octanol–water partition coefficient (Wildman–Crippen LogP) is 1.96. The number of hydrogen-bond donors (Lipinski definition) is 1. The van der Waals surface area contributed by atoms with Gasteiger partial charge in [-0.25, -0.2) is 0 Å². The molecule has 1 N–H and O–H groups in total. The van der Waals surface area contributed by atoms with Crippen molar-refractivity contribution < 1.29 is 9.15 Å². The lowest BCUT2D eigenvalue weighted by Gasteiger charge is -2.12. The van der Waals surface area contributed by atoms with Crippen molar-refractivity contribution >= 4 is 6.01 Å². The molecule has 2 aromatic rings. The Balaban J connectivity index is 1.93. The normalized spacial score (nSPS) is 12.4. The Hall–Kier alpha value is -1.95. The Morgan fingerprint density at radius 1 is 1.42 bits per heavy atom. The van der Waals surface area contributed by atoms with Crippen molar-refractivity contribution in [3.8, 4) is 0 Å². The third-order valence-electron chi connectivity index (χ3n) is 2.72. The lowest BCUT2D eigenvalue weighted by molar-refractivity contribution is 0.160. The van der Waals surface area contributed by atoms with Crippen LogP contribution in [0.25, 0.3) is 0 Å². The van der Waals surface area contributed by atoms with Gasteiger partial charge in [-0.05, 0) is 25.5 Å². The van der Waals surface area contributed by atoms with Crippen LogP contribution in [0, 0.1) is 6.92 Å². The number of rotatable bonds is 6. The van der Waals surface area contributed by atoms with Crippen LogP contribution in [0.1, 0.15) is 24.1 Å². The molecule has 0 fully saturated rings. The number of nitrogens with one attached hydrogen (secondary N) is 1. The summed E-state index contributed by atoms with van der Waals surface area (Å²) in [7, 11) is 1.59. The van der Waals surface area contributed by atoms with Gasteiger partial charge < -0.3 is 14.5 Å². The van der Waals surface area contributed by atoms with Gasteiger partial charge in [0, 0.05) is 31.5 Å². The number of ether oxygens (including phenoxy) is 1. The molecule has 0 spiro atoms. The highest BCUT2D eigenvalue weighted by atomic mass is 16.5. The third kappa shape index (κ3) is 3.75. The molecule has 6 heteroatoms. The number of aromatic nitrogens is 3. The lowest BCUT2D eigenvalue weighted by atomic mass is 10.1. The quantitative estimate of drug-likeness (QED) is 0.858. The standard InChI is InChI=1S/C13H18N4O2/c1-9-5-4-6-14-11(9)7-10(2)15-13-17-16-12(19-13)8-18-3/h4-6,10H,7-8H2,1-3H3,(H,15,17). The molecular weight excluding hydrogens is 244 g/mol. The van der Waals surface area contributed by atoms with Gasteiger partial charge in [0.25, 0.3) is 0 Å². The predicted molar refractivity (Wildman–Crippen MR) is 70.8 cm³/mol. The van der Waals surface area contributed by atoms with Crippen molar-refractivity contribution in [2.24, 2.45) is 0 Å². The number of nitrogens with zero attached hydrogens (tertiary/aromatic N) is 3. The fourth-order valence-electron chi connectivity index (χ4n) is 1.78. The maximum Gasteiger partial charge on any atom is 0.315 e. The molecule has 19 heavy (non-hydrogen) atoms. The van der Waals surface area contributed by atoms with Crippen molar-refractivity contribution in [3.05, 3.63) is 35.5 Å². The van der Waals surface area contributed by atoms with Crippen molar-refractivity contribution in [2.45, 2.75) is 32.9 Å². The van der Waals surface area contributed by atoms with E-state index in [9.17, 15) is 0 Å². The molecule has 0 radical (unpaired) electrons. The minimum Gasteiger partial charge on any atom is -0.406 e. The molecule has 6 nitrogen and oxygen atoms in total. The molecule has 0 amide bonds. The monoisotopic (exact) mass is 262 g/mol. The molecule has 0 aliphatic rings. The molecule has 2 heterocycles. The van der Waals surface area contributed by atoms with Gasteiger partial charge in [-0.2, -0.15) is 0 Å². The van der Waals surface area contributed by atoms with Gasteiger partial charge in [0.1, 0.15) is 6.61 Å². The van der Waals surface area contributed by atoms with E-state index in [0.717, 1.165) is 12.1 Å². The Morgan fingerprint density at radius 3 is 3.00 bits per heavy atom. The van der Waals surface area contributed by atoms with Crippen molar-refractivity contribution in [3.63, 3.8) is 0 Å². The first-order valence-corrected chi connectivity index (χ1v) is 6.17. The van der Waals surface area contributed by atoms with Crippen molar-refractivity contribution in [1.82, 2.24) is 15.2 Å². The average Bonchev–Trinajstić information content (AvgIpc) is 2.80. The van der Waals surface area contributed by atoms with Gasteiger partial charge in [0.2, 0.25) is 5.89 Å². The summed E-state index contributed by atoms with van der Waals surface area (Å²) >= 11 is 0. The molecule has 2 aromatic heterocycles. The van der Waals surface area contributed by atoms with E-state index in [1.807, 2.05) is 13.0 Å². The second-order valence-corrected chi connectivity index (χ2v) is 4.45. The Labute approximate surface area is 112 Å². The van der Waals surface area contributed by atoms with Crippen LogP contribution in [0.4, 0.5) is 6.01 Å². The van der Waals surface area contributed by atoms with Crippen LogP contribution in [0.2, 0.25) is 0 Å². The summed E-state index contributed by atoms with van der Waals surface area (Å²) in [6, 6.07) is 4.56. The minimum absolute atomic E-state index is 0.157. The average molecular weight is 262 g/mol. The topological polar surface area (TPSA) is 73.1 Å². The summed E-state index contributed by atoms with van der Waals surface area (Å²) in [5.74, 6) is 0.464. The van der Waals surface area contributed by atoms with E-state index in [4.69, 9.17) is 9.15 Å². The zero-order valence-electron chi connectivity index (χ0n) is 11.4. The fraction of sp³-hybridized carbons (Fsp3) is 0.462. The maximum atomic E-state index is 5.38. The van der Waals surface area contributed by atoms with Crippen LogP contribution >= 0.6 is 0 Å². The minimum atomic E-state index is 0.157. The summed E-state index contributed by atoms with van der Waals surface area (Å²) in [5.41, 5.74) is 2.25. The van der Waals surface area contributed by atoms with Crippen LogP contribution < -0.4 is 5.32 Å². The first-order chi connectivity index (χ1) is 9.19. The van der Waals surface area contributed by atoms with Gasteiger partial charge in [0.15, 0.2) is 0 Å². The first-order valence-electron chi connectivity index (χ1n) is 6.17. The fourth-order valence-corrected chi connectivity index (χ4v) is 1.78. The molecule has 102 valence electrons. The maximum absolute atomic E-state index is 5.38. The van der Waals surface area contributed by atoms with Gasteiger partial charge in [-0.15, -0.1) is 5.10 Å². The summed E-state index contributed by atoms with van der Waals surface area (Å²) in [4.78, 5) is 4.37.